The number of carboxylic acids is 1. The Hall–Kier alpha value is -4.67. The van der Waals surface area contributed by atoms with Gasteiger partial charge in [0.15, 0.2) is 0 Å². The molecule has 300 valence electrons. The second-order valence-corrected chi connectivity index (χ2v) is 16.4. The maximum Gasteiger partial charge on any atom is 0.407 e. The predicted octanol–water partition coefficient (Wildman–Crippen LogP) is 0.449. The van der Waals surface area contributed by atoms with Crippen LogP contribution < -0.4 is 31.5 Å². The largest absolute Gasteiger partial charge is 0.480 e. The molecule has 0 radical (unpaired) electrons. The van der Waals surface area contributed by atoms with E-state index in [4.69, 9.17) is 15.0 Å². The van der Waals surface area contributed by atoms with Crippen molar-refractivity contribution < 1.29 is 50.7 Å². The zero-order chi connectivity index (χ0) is 40.5. The monoisotopic (exact) mass is 798 g/mol. The van der Waals surface area contributed by atoms with Gasteiger partial charge in [-0.3, -0.25) is 29.0 Å². The highest BCUT2D eigenvalue weighted by Gasteiger charge is 2.20. The summed E-state index contributed by atoms with van der Waals surface area (Å²) in [5.41, 5.74) is -0.0806. The molecule has 0 aliphatic rings. The fourth-order valence-corrected chi connectivity index (χ4v) is 5.79. The molecule has 19 nitrogen and oxygen atoms in total. The van der Waals surface area contributed by atoms with Gasteiger partial charge in [-0.2, -0.15) is 0 Å². The number of alkyl carbamates (subject to hydrolysis) is 1. The van der Waals surface area contributed by atoms with Gasteiger partial charge in [-0.1, -0.05) is 12.8 Å². The lowest BCUT2D eigenvalue weighted by molar-refractivity contribution is -0.139. The molecule has 0 saturated heterocycles. The van der Waals surface area contributed by atoms with Crippen LogP contribution in [0.3, 0.4) is 0 Å². The van der Waals surface area contributed by atoms with Crippen LogP contribution in [0.5, 0.6) is 0 Å². The van der Waals surface area contributed by atoms with Crippen molar-refractivity contribution in [3.63, 3.8) is 0 Å². The minimum atomic E-state index is -3.95. The number of unbranched alkanes of at least 4 members (excludes halogenated alkanes) is 3. The van der Waals surface area contributed by atoms with Crippen LogP contribution in [0.15, 0.2) is 58.3 Å². The summed E-state index contributed by atoms with van der Waals surface area (Å²) in [6.07, 6.45) is 2.45. The highest BCUT2D eigenvalue weighted by atomic mass is 32.2. The number of nitrogens with two attached hydrogens (primary N) is 2. The number of carbonyl (C=O) groups is 5. The summed E-state index contributed by atoms with van der Waals surface area (Å²) in [5, 5.41) is 30.4. The van der Waals surface area contributed by atoms with Crippen LogP contribution in [0.4, 0.5) is 16.2 Å². The highest BCUT2D eigenvalue weighted by Crippen LogP contribution is 2.14. The summed E-state index contributed by atoms with van der Waals surface area (Å²) in [6.45, 7) is 4.55. The Labute approximate surface area is 315 Å². The molecule has 9 N–H and O–H groups in total. The van der Waals surface area contributed by atoms with E-state index in [1.54, 1.807) is 20.8 Å². The zero-order valence-corrected chi connectivity index (χ0v) is 32.1. The number of nitrogens with zero attached hydrogens (tertiary/aromatic N) is 2. The highest BCUT2D eigenvalue weighted by molar-refractivity contribution is 7.89. The number of amides is 4. The van der Waals surface area contributed by atoms with Crippen LogP contribution in [0, 0.1) is 0 Å². The first kappa shape index (κ1) is 45.5. The molecule has 2 aromatic carbocycles. The van der Waals surface area contributed by atoms with Gasteiger partial charge in [0.1, 0.15) is 5.60 Å². The van der Waals surface area contributed by atoms with E-state index in [1.807, 2.05) is 0 Å². The summed E-state index contributed by atoms with van der Waals surface area (Å²) in [7, 11) is -7.90. The molecule has 2 aromatic rings. The number of hydrogen-bond donors (Lipinski definition) is 7. The quantitative estimate of drug-likeness (QED) is 0.0798. The van der Waals surface area contributed by atoms with Crippen molar-refractivity contribution in [2.45, 2.75) is 61.8 Å². The van der Waals surface area contributed by atoms with Crippen LogP contribution in [0.2, 0.25) is 0 Å². The minimum absolute atomic E-state index is 0.0144. The lowest BCUT2D eigenvalue weighted by Crippen LogP contribution is -2.46. The van der Waals surface area contributed by atoms with Gasteiger partial charge in [0.2, 0.25) is 37.8 Å². The van der Waals surface area contributed by atoms with Crippen LogP contribution in [0.25, 0.3) is 0 Å². The summed E-state index contributed by atoms with van der Waals surface area (Å²) in [5.74, 6) is -2.80. The van der Waals surface area contributed by atoms with Gasteiger partial charge in [-0.15, -0.1) is 0 Å². The second kappa shape index (κ2) is 21.3. The molecule has 4 amide bonds. The first-order valence-electron chi connectivity index (χ1n) is 16.9. The van der Waals surface area contributed by atoms with Crippen molar-refractivity contribution in [2.24, 2.45) is 10.3 Å². The van der Waals surface area contributed by atoms with Gasteiger partial charge in [0.25, 0.3) is 0 Å². The van der Waals surface area contributed by atoms with Gasteiger partial charge in [-0.25, -0.2) is 31.9 Å². The molecule has 0 heterocycles. The topological polar surface area (TPSA) is 290 Å². The molecule has 0 aliphatic carbocycles. The van der Waals surface area contributed by atoms with E-state index in [-0.39, 0.29) is 53.9 Å². The van der Waals surface area contributed by atoms with Gasteiger partial charge in [0, 0.05) is 37.6 Å². The lowest BCUT2D eigenvalue weighted by Gasteiger charge is -2.26. The van der Waals surface area contributed by atoms with Crippen LogP contribution in [-0.4, -0.2) is 119 Å². The lowest BCUT2D eigenvalue weighted by atomic mass is 10.2. The summed E-state index contributed by atoms with van der Waals surface area (Å²) < 4.78 is 51.3. The number of carboxylic acid groups (broad SMARTS) is 1. The third-order valence-corrected chi connectivity index (χ3v) is 9.08. The SMILES string of the molecule is CC(C)(C)OC(=O)NCCCCCCNC(=O)CN(CCN(CC(=O)O)CC(=O)Nc1ccc(S(N)(=O)=O)cc1)CC(=O)Nc1ccc(S(N)(=O)=O)cc1. The maximum atomic E-state index is 13.0. The van der Waals surface area contributed by atoms with Gasteiger partial charge in [-0.05, 0) is 82.1 Å². The van der Waals surface area contributed by atoms with Crippen LogP contribution in [-0.2, 0) is 44.0 Å². The van der Waals surface area contributed by atoms with Crippen molar-refractivity contribution in [3.05, 3.63) is 48.5 Å². The number of benzene rings is 2. The van der Waals surface area contributed by atoms with E-state index in [0.29, 0.717) is 19.5 Å². The molecule has 0 spiro atoms. The van der Waals surface area contributed by atoms with Crippen LogP contribution >= 0.6 is 0 Å². The summed E-state index contributed by atoms with van der Waals surface area (Å²) in [6, 6.07) is 10.2. The number of ether oxygens (including phenoxy) is 1. The second-order valence-electron chi connectivity index (χ2n) is 13.2. The first-order valence-corrected chi connectivity index (χ1v) is 20.0. The Kier molecular flexibility index (Phi) is 17.9. The van der Waals surface area contributed by atoms with Crippen molar-refractivity contribution >= 4 is 61.2 Å². The number of primary sulfonamides is 2. The molecule has 0 atom stereocenters. The van der Waals surface area contributed by atoms with Crippen molar-refractivity contribution in [2.75, 3.05) is 63.0 Å². The number of anilines is 2. The Balaban J connectivity index is 2.00. The molecular weight excluding hydrogens is 749 g/mol. The molecule has 0 unspecified atom stereocenters. The summed E-state index contributed by atoms with van der Waals surface area (Å²) in [4.78, 5) is 64.5. The van der Waals surface area contributed by atoms with E-state index in [2.05, 4.69) is 21.3 Å². The Bertz CT molecular complexity index is 1800. The van der Waals surface area contributed by atoms with E-state index < -0.39 is 62.0 Å². The number of aliphatic carboxylic acids is 1. The van der Waals surface area contributed by atoms with Crippen molar-refractivity contribution in [1.29, 1.82) is 0 Å². The Morgan fingerprint density at radius 3 is 1.41 bits per heavy atom. The number of hydrogen-bond acceptors (Lipinski definition) is 12. The van der Waals surface area contributed by atoms with Crippen molar-refractivity contribution in [1.82, 2.24) is 20.4 Å². The predicted molar refractivity (Wildman–Crippen MR) is 199 cm³/mol. The van der Waals surface area contributed by atoms with E-state index in [1.165, 1.54) is 58.3 Å². The number of nitrogens with one attached hydrogen (secondary N) is 4. The van der Waals surface area contributed by atoms with Gasteiger partial charge in [0.05, 0.1) is 36.0 Å². The maximum absolute atomic E-state index is 13.0. The number of sulfonamides is 2. The third-order valence-electron chi connectivity index (χ3n) is 7.22. The molecule has 54 heavy (non-hydrogen) atoms. The average Bonchev–Trinajstić information content (AvgIpc) is 3.03. The molecule has 0 fully saturated rings. The average molecular weight is 799 g/mol. The molecule has 0 aromatic heterocycles. The molecule has 0 saturated carbocycles. The van der Waals surface area contributed by atoms with E-state index >= 15 is 0 Å². The molecule has 0 bridgehead atoms. The zero-order valence-electron chi connectivity index (χ0n) is 30.5. The Morgan fingerprint density at radius 1 is 0.630 bits per heavy atom. The van der Waals surface area contributed by atoms with E-state index in [9.17, 15) is 45.9 Å². The number of carbonyl (C=O) groups excluding carboxylic acids is 4. The smallest absolute Gasteiger partial charge is 0.407 e. The normalized spacial score (nSPS) is 11.9. The van der Waals surface area contributed by atoms with E-state index in [0.717, 1.165) is 19.3 Å². The molecule has 0 aliphatic heterocycles. The van der Waals surface area contributed by atoms with Crippen LogP contribution in [0.1, 0.15) is 46.5 Å². The Morgan fingerprint density at radius 2 is 1.02 bits per heavy atom. The third kappa shape index (κ3) is 19.4. The molecular formula is C33H50N8O11S2. The van der Waals surface area contributed by atoms with Gasteiger partial charge >= 0.3 is 12.1 Å². The molecule has 2 rings (SSSR count). The number of rotatable bonds is 22. The first-order chi connectivity index (χ1) is 25.1. The standard InChI is InChI=1S/C33H50N8O11S2/c1-33(2,3)52-32(47)37-17-7-5-4-6-16-36-28(42)20-40(21-29(43)38-24-8-12-26(13-9-24)53(34,48)49)18-19-41(23-31(45)46)22-30(44)39-25-10-14-27(15-11-25)54(35,50)51/h8-15H,4-7,16-23H2,1-3H3,(H,36,42)(H,37,47)(H,38,43)(H,39,44)(H,45,46)(H2,34,48,49)(H2,35,50,51). The van der Waals surface area contributed by atoms with Gasteiger partial charge < -0.3 is 31.1 Å². The fraction of sp³-hybridized carbons (Fsp3) is 0.485. The van der Waals surface area contributed by atoms with Crippen molar-refractivity contribution in [3.8, 4) is 0 Å². The minimum Gasteiger partial charge on any atom is -0.480 e. The molecule has 21 heteroatoms. The fourth-order valence-electron chi connectivity index (χ4n) is 4.76. The summed E-state index contributed by atoms with van der Waals surface area (Å²) >= 11 is 0.